The third-order valence-electron chi connectivity index (χ3n) is 5.07. The largest absolute Gasteiger partial charge is 0.494 e. The Hall–Kier alpha value is -2.90. The number of nitrogens with zero attached hydrogens (tertiary/aromatic N) is 2. The van der Waals surface area contributed by atoms with E-state index in [1.807, 2.05) is 50.5 Å². The van der Waals surface area contributed by atoms with E-state index in [4.69, 9.17) is 4.74 Å². The van der Waals surface area contributed by atoms with Crippen molar-refractivity contribution >= 4 is 31.5 Å². The molecule has 6 nitrogen and oxygen atoms in total. The van der Waals surface area contributed by atoms with Crippen LogP contribution in [0.2, 0.25) is 0 Å². The molecule has 0 aliphatic heterocycles. The van der Waals surface area contributed by atoms with E-state index in [-0.39, 0.29) is 9.92 Å². The number of rotatable bonds is 8. The molecule has 0 radical (unpaired) electrons. The van der Waals surface area contributed by atoms with Crippen molar-refractivity contribution in [3.63, 3.8) is 0 Å². The van der Waals surface area contributed by atoms with E-state index in [1.54, 1.807) is 24.3 Å². The number of benzene rings is 3. The van der Waals surface area contributed by atoms with E-state index in [0.717, 1.165) is 24.8 Å². The van der Waals surface area contributed by atoms with Gasteiger partial charge >= 0.3 is 0 Å². The van der Waals surface area contributed by atoms with E-state index >= 15 is 0 Å². The van der Waals surface area contributed by atoms with E-state index < -0.39 is 9.84 Å². The van der Waals surface area contributed by atoms with Gasteiger partial charge < -0.3 is 9.64 Å². The van der Waals surface area contributed by atoms with E-state index in [2.05, 4.69) is 15.1 Å². The highest BCUT2D eigenvalue weighted by molar-refractivity contribution is 7.91. The lowest BCUT2D eigenvalue weighted by molar-refractivity contribution is 0.293. The lowest BCUT2D eigenvalue weighted by atomic mass is 10.1. The van der Waals surface area contributed by atoms with Crippen LogP contribution in [0.3, 0.4) is 0 Å². The number of sulfone groups is 1. The van der Waals surface area contributed by atoms with Crippen LogP contribution in [0.15, 0.2) is 70.6 Å². The van der Waals surface area contributed by atoms with Gasteiger partial charge in [0, 0.05) is 10.8 Å². The van der Waals surface area contributed by atoms with Crippen molar-refractivity contribution < 1.29 is 13.2 Å². The molecule has 30 heavy (non-hydrogen) atoms. The maximum atomic E-state index is 13.5. The third kappa shape index (κ3) is 4.04. The monoisotopic (exact) mass is 423 g/mol. The molecule has 0 amide bonds. The molecule has 0 saturated carbocycles. The molecule has 0 fully saturated rings. The molecule has 156 valence electrons. The maximum absolute atomic E-state index is 13.5. The molecule has 1 heterocycles. The number of aromatic nitrogens is 2. The van der Waals surface area contributed by atoms with Crippen LogP contribution < -0.4 is 4.74 Å². The summed E-state index contributed by atoms with van der Waals surface area (Å²) in [7, 11) is 0.311. The van der Waals surface area contributed by atoms with Crippen LogP contribution >= 0.6 is 0 Å². The molecule has 0 aliphatic carbocycles. The van der Waals surface area contributed by atoms with Crippen molar-refractivity contribution in [3.8, 4) is 5.75 Å². The first-order valence-electron chi connectivity index (χ1n) is 9.95. The molecule has 4 aromatic rings. The Morgan fingerprint density at radius 2 is 1.77 bits per heavy atom. The van der Waals surface area contributed by atoms with Gasteiger partial charge in [-0.25, -0.2) is 8.42 Å². The van der Waals surface area contributed by atoms with E-state index in [9.17, 15) is 8.42 Å². The number of unbranched alkanes of at least 4 members (excludes halogenated alkanes) is 1. The van der Waals surface area contributed by atoms with Crippen LogP contribution in [0.4, 0.5) is 0 Å². The smallest absolute Gasteiger partial charge is 0.224 e. The van der Waals surface area contributed by atoms with Crippen molar-refractivity contribution in [3.05, 3.63) is 60.7 Å². The average Bonchev–Trinajstić information content (AvgIpc) is 3.17. The van der Waals surface area contributed by atoms with Crippen LogP contribution in [0, 0.1) is 0 Å². The fraction of sp³-hybridized carbons (Fsp3) is 0.261. The Balaban J connectivity index is 1.65. The van der Waals surface area contributed by atoms with Crippen molar-refractivity contribution in [2.45, 2.75) is 22.8 Å². The molecule has 0 bridgehead atoms. The molecule has 7 heteroatoms. The second-order valence-electron chi connectivity index (χ2n) is 7.57. The highest BCUT2D eigenvalue weighted by Gasteiger charge is 2.25. The standard InChI is InChI=1S/C23H25N3O3S/c1-26(2)14-5-6-15-29-18-12-13-21-20(16-18)23(25-24-21)30(27,28)22-11-7-9-17-8-3-4-10-19(17)22/h3-4,7-13,16H,5-6,14-15H2,1-2H3,(H,24,25). The van der Waals surface area contributed by atoms with Gasteiger partial charge in [-0.15, -0.1) is 0 Å². The van der Waals surface area contributed by atoms with Gasteiger partial charge in [-0.2, -0.15) is 5.10 Å². The summed E-state index contributed by atoms with van der Waals surface area (Å²) in [6.07, 6.45) is 1.98. The first kappa shape index (κ1) is 20.4. The van der Waals surface area contributed by atoms with Crippen molar-refractivity contribution in [2.24, 2.45) is 0 Å². The Kier molecular flexibility index (Phi) is 5.74. The molecule has 1 N–H and O–H groups in total. The molecule has 1 aromatic heterocycles. The van der Waals surface area contributed by atoms with Gasteiger partial charge in [0.05, 0.1) is 17.0 Å². The summed E-state index contributed by atoms with van der Waals surface area (Å²) < 4.78 is 32.8. The number of ether oxygens (including phenoxy) is 1. The highest BCUT2D eigenvalue weighted by Crippen LogP contribution is 2.32. The van der Waals surface area contributed by atoms with Gasteiger partial charge in [0.25, 0.3) is 0 Å². The Morgan fingerprint density at radius 3 is 2.60 bits per heavy atom. The number of fused-ring (bicyclic) bond motifs is 2. The van der Waals surface area contributed by atoms with Crippen molar-refractivity contribution in [1.29, 1.82) is 0 Å². The molecule has 3 aromatic carbocycles. The van der Waals surface area contributed by atoms with E-state index in [1.165, 1.54) is 0 Å². The minimum Gasteiger partial charge on any atom is -0.494 e. The predicted molar refractivity (Wildman–Crippen MR) is 119 cm³/mol. The molecule has 0 unspecified atom stereocenters. The van der Waals surface area contributed by atoms with Crippen LogP contribution in [0.1, 0.15) is 12.8 Å². The summed E-state index contributed by atoms with van der Waals surface area (Å²) in [6, 6.07) is 18.1. The molecule has 4 rings (SSSR count). The molecule has 0 atom stereocenters. The Morgan fingerprint density at radius 1 is 0.967 bits per heavy atom. The first-order valence-corrected chi connectivity index (χ1v) is 11.4. The average molecular weight is 424 g/mol. The highest BCUT2D eigenvalue weighted by atomic mass is 32.2. The summed E-state index contributed by atoms with van der Waals surface area (Å²) in [4.78, 5) is 2.41. The first-order chi connectivity index (χ1) is 14.5. The van der Waals surface area contributed by atoms with Gasteiger partial charge in [0.15, 0.2) is 5.03 Å². The quantitative estimate of drug-likeness (QED) is 0.428. The zero-order chi connectivity index (χ0) is 21.1. The maximum Gasteiger partial charge on any atom is 0.224 e. The van der Waals surface area contributed by atoms with Gasteiger partial charge in [0.1, 0.15) is 5.75 Å². The minimum atomic E-state index is -3.78. The molecule has 0 aliphatic rings. The van der Waals surface area contributed by atoms with Crippen LogP contribution in [0.5, 0.6) is 5.75 Å². The second kappa shape index (κ2) is 8.45. The Labute approximate surface area is 176 Å². The topological polar surface area (TPSA) is 75.3 Å². The van der Waals surface area contributed by atoms with Gasteiger partial charge in [-0.1, -0.05) is 36.4 Å². The Bertz CT molecular complexity index is 1270. The van der Waals surface area contributed by atoms with E-state index in [0.29, 0.717) is 28.6 Å². The van der Waals surface area contributed by atoms with Crippen molar-refractivity contribution in [1.82, 2.24) is 15.1 Å². The molecule has 0 spiro atoms. The SMILES string of the molecule is CN(C)CCCCOc1ccc2n[nH]c(S(=O)(=O)c3cccc4ccccc34)c2c1. The van der Waals surface area contributed by atoms with Crippen LogP contribution in [0.25, 0.3) is 21.7 Å². The normalized spacial score (nSPS) is 12.1. The minimum absolute atomic E-state index is 0.0897. The predicted octanol–water partition coefficient (Wildman–Crippen LogP) is 4.27. The number of hydrogen-bond donors (Lipinski definition) is 1. The summed E-state index contributed by atoms with van der Waals surface area (Å²) in [5.41, 5.74) is 0.591. The zero-order valence-corrected chi connectivity index (χ0v) is 17.9. The van der Waals surface area contributed by atoms with Gasteiger partial charge in [-0.3, -0.25) is 5.10 Å². The third-order valence-corrected chi connectivity index (χ3v) is 6.85. The summed E-state index contributed by atoms with van der Waals surface area (Å²) in [5.74, 6) is 0.642. The zero-order valence-electron chi connectivity index (χ0n) is 17.1. The second-order valence-corrected chi connectivity index (χ2v) is 9.43. The van der Waals surface area contributed by atoms with Crippen molar-refractivity contribution in [2.75, 3.05) is 27.2 Å². The summed E-state index contributed by atoms with van der Waals surface area (Å²) >= 11 is 0. The lowest BCUT2D eigenvalue weighted by Crippen LogP contribution is -2.13. The molecular formula is C23H25N3O3S. The number of hydrogen-bond acceptors (Lipinski definition) is 5. The molecular weight excluding hydrogens is 398 g/mol. The summed E-state index contributed by atoms with van der Waals surface area (Å²) in [5, 5.41) is 9.12. The molecule has 0 saturated heterocycles. The van der Waals surface area contributed by atoms with Gasteiger partial charge in [-0.05, 0) is 63.1 Å². The fourth-order valence-corrected chi connectivity index (χ4v) is 5.09. The van der Waals surface area contributed by atoms with Gasteiger partial charge in [0.2, 0.25) is 9.84 Å². The number of nitrogens with one attached hydrogen (secondary N) is 1. The summed E-state index contributed by atoms with van der Waals surface area (Å²) in [6.45, 7) is 1.60. The lowest BCUT2D eigenvalue weighted by Gasteiger charge is -2.10. The fourth-order valence-electron chi connectivity index (χ4n) is 3.52. The number of H-pyrrole nitrogens is 1. The number of aromatic amines is 1. The van der Waals surface area contributed by atoms with Crippen LogP contribution in [-0.4, -0.2) is 50.8 Å². The van der Waals surface area contributed by atoms with Crippen LogP contribution in [-0.2, 0) is 9.84 Å².